The third-order valence-corrected chi connectivity index (χ3v) is 6.32. The number of ether oxygens (including phenoxy) is 1. The molecule has 7 heteroatoms. The highest BCUT2D eigenvalue weighted by molar-refractivity contribution is 5.93. The molecule has 0 aliphatic carbocycles. The number of amides is 1. The number of hydrogen-bond donors (Lipinski definition) is 1. The largest absolute Gasteiger partial charge is 0.381 e. The summed E-state index contributed by atoms with van der Waals surface area (Å²) in [5.41, 5.74) is 0.586. The minimum Gasteiger partial charge on any atom is -0.381 e. The lowest BCUT2D eigenvalue weighted by molar-refractivity contribution is 0.0475. The van der Waals surface area contributed by atoms with Crippen molar-refractivity contribution in [1.82, 2.24) is 15.3 Å². The molecule has 160 valence electrons. The maximum Gasteiger partial charge on any atom is 0.254 e. The smallest absolute Gasteiger partial charge is 0.254 e. The second kappa shape index (κ2) is 9.08. The Morgan fingerprint density at radius 3 is 2.70 bits per heavy atom. The summed E-state index contributed by atoms with van der Waals surface area (Å²) in [6.45, 7) is 5.58. The van der Waals surface area contributed by atoms with Crippen molar-refractivity contribution < 1.29 is 13.9 Å². The molecule has 1 atom stereocenters. The molecule has 2 aliphatic rings. The van der Waals surface area contributed by atoms with E-state index in [0.717, 1.165) is 19.5 Å². The van der Waals surface area contributed by atoms with Crippen molar-refractivity contribution in [3.05, 3.63) is 53.6 Å². The lowest BCUT2D eigenvalue weighted by atomic mass is 9.74. The van der Waals surface area contributed by atoms with Crippen LogP contribution in [0.2, 0.25) is 0 Å². The predicted molar refractivity (Wildman–Crippen MR) is 113 cm³/mol. The Hall–Kier alpha value is -2.54. The minimum atomic E-state index is -0.468. The number of benzene rings is 1. The number of rotatable bonds is 5. The van der Waals surface area contributed by atoms with Gasteiger partial charge in [-0.3, -0.25) is 4.79 Å². The molecule has 0 radical (unpaired) electrons. The molecule has 4 rings (SSSR count). The fourth-order valence-corrected chi connectivity index (χ4v) is 4.52. The Morgan fingerprint density at radius 2 is 2.00 bits per heavy atom. The van der Waals surface area contributed by atoms with Crippen LogP contribution in [-0.2, 0) is 10.2 Å². The average Bonchev–Trinajstić information content (AvgIpc) is 2.78. The summed E-state index contributed by atoms with van der Waals surface area (Å²) in [5.74, 6) is 0.817. The van der Waals surface area contributed by atoms with Crippen molar-refractivity contribution in [2.75, 3.05) is 37.7 Å². The molecule has 1 N–H and O–H groups in total. The first kappa shape index (κ1) is 20.7. The highest BCUT2D eigenvalue weighted by atomic mass is 19.1. The Kier molecular flexibility index (Phi) is 6.27. The molecule has 30 heavy (non-hydrogen) atoms. The van der Waals surface area contributed by atoms with E-state index in [4.69, 9.17) is 4.74 Å². The van der Waals surface area contributed by atoms with E-state index >= 15 is 0 Å². The Balaban J connectivity index is 1.44. The van der Waals surface area contributed by atoms with Gasteiger partial charge in [0.2, 0.25) is 5.95 Å². The molecule has 0 spiro atoms. The first-order valence-electron chi connectivity index (χ1n) is 10.8. The van der Waals surface area contributed by atoms with E-state index in [1.165, 1.54) is 12.5 Å². The fraction of sp³-hybridized carbons (Fsp3) is 0.522. The van der Waals surface area contributed by atoms with Gasteiger partial charge in [0.1, 0.15) is 5.82 Å². The van der Waals surface area contributed by atoms with E-state index in [9.17, 15) is 9.18 Å². The number of halogens is 1. The number of carbonyl (C=O) groups is 1. The lowest BCUT2D eigenvalue weighted by Gasteiger charge is -2.38. The van der Waals surface area contributed by atoms with Crippen LogP contribution in [0.15, 0.2) is 36.7 Å². The normalized spacial score (nSPS) is 21.3. The molecule has 6 nitrogen and oxygen atoms in total. The number of piperidine rings is 1. The zero-order valence-corrected chi connectivity index (χ0v) is 17.4. The molecule has 3 heterocycles. The number of nitrogens with one attached hydrogen (secondary N) is 1. The van der Waals surface area contributed by atoms with Crippen molar-refractivity contribution in [3.8, 4) is 0 Å². The van der Waals surface area contributed by atoms with Gasteiger partial charge < -0.3 is 15.0 Å². The Bertz CT molecular complexity index is 868. The van der Waals surface area contributed by atoms with E-state index < -0.39 is 5.41 Å². The molecule has 1 amide bonds. The molecular formula is C23H29FN4O2. The predicted octanol–water partition coefficient (Wildman–Crippen LogP) is 3.33. The van der Waals surface area contributed by atoms with E-state index in [2.05, 4.69) is 27.1 Å². The summed E-state index contributed by atoms with van der Waals surface area (Å²) < 4.78 is 20.0. The highest BCUT2D eigenvalue weighted by Gasteiger charge is 2.37. The van der Waals surface area contributed by atoms with Gasteiger partial charge in [0, 0.05) is 50.7 Å². The topological polar surface area (TPSA) is 67.4 Å². The van der Waals surface area contributed by atoms with Crippen molar-refractivity contribution >= 4 is 11.9 Å². The standard InChI is InChI=1S/C23H29FN4O2/c1-17-5-4-10-28(15-17)22-25-13-18(14-26-22)21(29)27-16-23(8-11-30-12-9-23)19-6-2-3-7-20(19)24/h2-3,6-7,13-14,17H,4-5,8-12,15-16H2,1H3,(H,27,29)/t17-/m0/s1. The third-order valence-electron chi connectivity index (χ3n) is 6.32. The molecular weight excluding hydrogens is 383 g/mol. The molecule has 2 fully saturated rings. The van der Waals surface area contributed by atoms with Gasteiger partial charge in [-0.15, -0.1) is 0 Å². The Labute approximate surface area is 176 Å². The molecule has 1 aromatic heterocycles. The van der Waals surface area contributed by atoms with Gasteiger partial charge in [0.15, 0.2) is 0 Å². The van der Waals surface area contributed by atoms with Crippen LogP contribution < -0.4 is 10.2 Å². The molecule has 2 aliphatic heterocycles. The van der Waals surface area contributed by atoms with Crippen LogP contribution in [0.3, 0.4) is 0 Å². The van der Waals surface area contributed by atoms with Crippen molar-refractivity contribution in [2.24, 2.45) is 5.92 Å². The van der Waals surface area contributed by atoms with Crippen molar-refractivity contribution in [3.63, 3.8) is 0 Å². The quantitative estimate of drug-likeness (QED) is 0.816. The van der Waals surface area contributed by atoms with Crippen LogP contribution in [0, 0.1) is 11.7 Å². The van der Waals surface area contributed by atoms with E-state index in [1.807, 2.05) is 12.1 Å². The van der Waals surface area contributed by atoms with Gasteiger partial charge in [0.25, 0.3) is 5.91 Å². The van der Waals surface area contributed by atoms with E-state index in [1.54, 1.807) is 18.5 Å². The maximum absolute atomic E-state index is 14.5. The zero-order chi connectivity index (χ0) is 21.0. The van der Waals surface area contributed by atoms with Gasteiger partial charge in [-0.2, -0.15) is 0 Å². The van der Waals surface area contributed by atoms with Crippen LogP contribution in [0.1, 0.15) is 48.5 Å². The first-order valence-corrected chi connectivity index (χ1v) is 10.8. The minimum absolute atomic E-state index is 0.239. The number of hydrogen-bond acceptors (Lipinski definition) is 5. The second-order valence-corrected chi connectivity index (χ2v) is 8.52. The summed E-state index contributed by atoms with van der Waals surface area (Å²) in [7, 11) is 0. The summed E-state index contributed by atoms with van der Waals surface area (Å²) in [6, 6.07) is 6.81. The van der Waals surface area contributed by atoms with Gasteiger partial charge in [-0.1, -0.05) is 25.1 Å². The van der Waals surface area contributed by atoms with Crippen LogP contribution >= 0.6 is 0 Å². The monoisotopic (exact) mass is 412 g/mol. The lowest BCUT2D eigenvalue weighted by Crippen LogP contribution is -2.45. The van der Waals surface area contributed by atoms with Crippen molar-refractivity contribution in [2.45, 2.75) is 38.0 Å². The molecule has 1 aromatic carbocycles. The Morgan fingerprint density at radius 1 is 1.27 bits per heavy atom. The highest BCUT2D eigenvalue weighted by Crippen LogP contribution is 2.35. The molecule has 2 saturated heterocycles. The second-order valence-electron chi connectivity index (χ2n) is 8.52. The van der Waals surface area contributed by atoms with E-state index in [0.29, 0.717) is 55.6 Å². The van der Waals surface area contributed by atoms with Gasteiger partial charge in [0.05, 0.1) is 5.56 Å². The number of carbonyl (C=O) groups excluding carboxylic acids is 1. The molecule has 0 unspecified atom stereocenters. The summed E-state index contributed by atoms with van der Waals surface area (Å²) in [6.07, 6.45) is 6.85. The number of aromatic nitrogens is 2. The summed E-state index contributed by atoms with van der Waals surface area (Å²) in [5, 5.41) is 2.99. The summed E-state index contributed by atoms with van der Waals surface area (Å²) >= 11 is 0. The molecule has 2 aromatic rings. The van der Waals surface area contributed by atoms with Crippen LogP contribution in [-0.4, -0.2) is 48.7 Å². The SMILES string of the molecule is C[C@H]1CCCN(c2ncc(C(=O)NCC3(c4ccccc4F)CCOCC3)cn2)C1. The van der Waals surface area contributed by atoms with Crippen LogP contribution in [0.25, 0.3) is 0 Å². The van der Waals surface area contributed by atoms with Gasteiger partial charge in [-0.05, 0) is 43.2 Å². The average molecular weight is 413 g/mol. The van der Waals surface area contributed by atoms with Crippen molar-refractivity contribution in [1.29, 1.82) is 0 Å². The molecule has 0 saturated carbocycles. The molecule has 0 bridgehead atoms. The maximum atomic E-state index is 14.5. The zero-order valence-electron chi connectivity index (χ0n) is 17.4. The van der Waals surface area contributed by atoms with E-state index in [-0.39, 0.29) is 11.7 Å². The van der Waals surface area contributed by atoms with Gasteiger partial charge >= 0.3 is 0 Å². The van der Waals surface area contributed by atoms with Crippen LogP contribution in [0.5, 0.6) is 0 Å². The summed E-state index contributed by atoms with van der Waals surface area (Å²) in [4.78, 5) is 23.8. The third kappa shape index (κ3) is 4.46. The van der Waals surface area contributed by atoms with Crippen LogP contribution in [0.4, 0.5) is 10.3 Å². The fourth-order valence-electron chi connectivity index (χ4n) is 4.52. The van der Waals surface area contributed by atoms with Gasteiger partial charge in [-0.25, -0.2) is 14.4 Å². The first-order chi connectivity index (χ1) is 14.6. The number of anilines is 1. The number of nitrogens with zero attached hydrogens (tertiary/aromatic N) is 3.